The maximum atomic E-state index is 13.1. The van der Waals surface area contributed by atoms with Gasteiger partial charge in [0.15, 0.2) is 0 Å². The van der Waals surface area contributed by atoms with Crippen LogP contribution >= 0.6 is 0 Å². The first kappa shape index (κ1) is 22.4. The summed E-state index contributed by atoms with van der Waals surface area (Å²) in [6, 6.07) is 28.9. The number of furan rings is 1. The van der Waals surface area contributed by atoms with E-state index >= 15 is 0 Å². The van der Waals surface area contributed by atoms with E-state index in [2.05, 4.69) is 59.5 Å². The molecule has 0 atom stereocenters. The van der Waals surface area contributed by atoms with Crippen LogP contribution in [-0.2, 0) is 11.3 Å². The average molecular weight is 478 g/mol. The molecule has 0 saturated heterocycles. The molecule has 0 unspecified atom stereocenters. The van der Waals surface area contributed by atoms with Crippen LogP contribution in [0.2, 0.25) is 0 Å². The van der Waals surface area contributed by atoms with Crippen molar-refractivity contribution >= 4 is 27.7 Å². The highest BCUT2D eigenvalue weighted by molar-refractivity contribution is 6.16. The Hall–Kier alpha value is -4.09. The lowest BCUT2D eigenvalue weighted by atomic mass is 9.93. The van der Waals surface area contributed by atoms with Crippen LogP contribution in [0.1, 0.15) is 45.8 Å². The van der Waals surface area contributed by atoms with Crippen LogP contribution in [-0.4, -0.2) is 24.2 Å². The fraction of sp³-hybridized carbons (Fsp3) is 0.194. The molecule has 0 saturated carbocycles. The Morgan fingerprint density at radius 3 is 2.17 bits per heavy atom. The molecule has 0 aliphatic carbocycles. The summed E-state index contributed by atoms with van der Waals surface area (Å²) in [6.45, 7) is 4.95. The SMILES string of the molecule is CCOC(=O)c1c(C)oc2c1c1c(c3ccccc32)OCN(C(c2ccccc2)c2ccccc2)C1. The summed E-state index contributed by atoms with van der Waals surface area (Å²) >= 11 is 0. The first-order valence-corrected chi connectivity index (χ1v) is 12.3. The Balaban J connectivity index is 1.57. The smallest absolute Gasteiger partial charge is 0.342 e. The molecule has 6 rings (SSSR count). The monoisotopic (exact) mass is 477 g/mol. The molecule has 0 spiro atoms. The fourth-order valence-electron chi connectivity index (χ4n) is 5.39. The van der Waals surface area contributed by atoms with E-state index < -0.39 is 0 Å². The van der Waals surface area contributed by atoms with Crippen LogP contribution in [0.25, 0.3) is 21.7 Å². The second-order valence-electron chi connectivity index (χ2n) is 9.06. The minimum absolute atomic E-state index is 0.0129. The van der Waals surface area contributed by atoms with Gasteiger partial charge in [0.25, 0.3) is 0 Å². The van der Waals surface area contributed by atoms with Crippen LogP contribution < -0.4 is 4.74 Å². The number of carbonyl (C=O) groups is 1. The second kappa shape index (κ2) is 9.17. The standard InChI is InChI=1S/C31H27NO4/c1-3-34-31(33)26-20(2)36-30-24-17-11-10-16-23(24)29-25(27(26)30)18-32(19-35-29)28(21-12-6-4-7-13-21)22-14-8-5-9-15-22/h4-17,28H,3,18-19H2,1-2H3. The van der Waals surface area contributed by atoms with E-state index in [-0.39, 0.29) is 12.0 Å². The summed E-state index contributed by atoms with van der Waals surface area (Å²) in [6.07, 6.45) is 0. The molecular weight excluding hydrogens is 450 g/mol. The molecule has 4 aromatic carbocycles. The predicted molar refractivity (Wildman–Crippen MR) is 140 cm³/mol. The molecule has 36 heavy (non-hydrogen) atoms. The van der Waals surface area contributed by atoms with Gasteiger partial charge in [0.1, 0.15) is 29.4 Å². The highest BCUT2D eigenvalue weighted by Crippen LogP contribution is 2.45. The number of nitrogens with zero attached hydrogens (tertiary/aromatic N) is 1. The van der Waals surface area contributed by atoms with Gasteiger partial charge in [0, 0.05) is 28.3 Å². The molecular formula is C31H27NO4. The number of rotatable bonds is 5. The summed E-state index contributed by atoms with van der Waals surface area (Å²) in [4.78, 5) is 15.4. The number of esters is 1. The summed E-state index contributed by atoms with van der Waals surface area (Å²) in [5.41, 5.74) is 4.50. The Morgan fingerprint density at radius 1 is 0.917 bits per heavy atom. The molecule has 180 valence electrons. The van der Waals surface area contributed by atoms with E-state index in [1.807, 2.05) is 44.2 Å². The van der Waals surface area contributed by atoms with Crippen molar-refractivity contribution in [3.05, 3.63) is 113 Å². The topological polar surface area (TPSA) is 51.9 Å². The summed E-state index contributed by atoms with van der Waals surface area (Å²) in [5.74, 6) is 0.994. The van der Waals surface area contributed by atoms with Crippen LogP contribution in [0, 0.1) is 6.92 Å². The normalized spacial score (nSPS) is 13.6. The van der Waals surface area contributed by atoms with Crippen LogP contribution in [0.5, 0.6) is 5.75 Å². The van der Waals surface area contributed by atoms with Gasteiger partial charge in [-0.15, -0.1) is 0 Å². The third kappa shape index (κ3) is 3.64. The minimum Gasteiger partial charge on any atom is -0.477 e. The lowest BCUT2D eigenvalue weighted by Crippen LogP contribution is -2.36. The first-order valence-electron chi connectivity index (χ1n) is 12.3. The Bertz CT molecular complexity index is 1520. The van der Waals surface area contributed by atoms with E-state index in [1.165, 1.54) is 11.1 Å². The van der Waals surface area contributed by atoms with Crippen molar-refractivity contribution in [2.24, 2.45) is 0 Å². The van der Waals surface area contributed by atoms with E-state index in [0.29, 0.717) is 36.8 Å². The van der Waals surface area contributed by atoms with Gasteiger partial charge < -0.3 is 13.9 Å². The molecule has 0 radical (unpaired) electrons. The number of hydrogen-bond donors (Lipinski definition) is 0. The fourth-order valence-corrected chi connectivity index (χ4v) is 5.39. The van der Waals surface area contributed by atoms with Gasteiger partial charge in [-0.1, -0.05) is 84.9 Å². The van der Waals surface area contributed by atoms with Gasteiger partial charge in [-0.2, -0.15) is 0 Å². The van der Waals surface area contributed by atoms with E-state index in [9.17, 15) is 4.79 Å². The van der Waals surface area contributed by atoms with Crippen molar-refractivity contribution < 1.29 is 18.7 Å². The molecule has 5 nitrogen and oxygen atoms in total. The van der Waals surface area contributed by atoms with Gasteiger partial charge in [-0.3, -0.25) is 4.90 Å². The van der Waals surface area contributed by atoms with E-state index in [1.54, 1.807) is 0 Å². The lowest BCUT2D eigenvalue weighted by molar-refractivity contribution is 0.0525. The lowest BCUT2D eigenvalue weighted by Gasteiger charge is -2.36. The first-order chi connectivity index (χ1) is 17.7. The third-order valence-electron chi connectivity index (χ3n) is 6.89. The Labute approximate surface area is 209 Å². The summed E-state index contributed by atoms with van der Waals surface area (Å²) in [5, 5.41) is 2.70. The van der Waals surface area contributed by atoms with Gasteiger partial charge >= 0.3 is 5.97 Å². The summed E-state index contributed by atoms with van der Waals surface area (Å²) < 4.78 is 18.2. The number of carbonyl (C=O) groups excluding carboxylic acids is 1. The van der Waals surface area contributed by atoms with Crippen molar-refractivity contribution in [3.63, 3.8) is 0 Å². The maximum absolute atomic E-state index is 13.1. The van der Waals surface area contributed by atoms with Crippen molar-refractivity contribution in [2.45, 2.75) is 26.4 Å². The number of fused-ring (bicyclic) bond motifs is 6. The van der Waals surface area contributed by atoms with Crippen molar-refractivity contribution in [3.8, 4) is 5.75 Å². The van der Waals surface area contributed by atoms with Crippen LogP contribution in [0.15, 0.2) is 89.3 Å². The molecule has 5 aromatic rings. The van der Waals surface area contributed by atoms with Gasteiger partial charge in [0.2, 0.25) is 0 Å². The number of benzene rings is 4. The zero-order chi connectivity index (χ0) is 24.6. The molecule has 0 bridgehead atoms. The van der Waals surface area contributed by atoms with Gasteiger partial charge in [-0.05, 0) is 25.0 Å². The van der Waals surface area contributed by atoms with Gasteiger partial charge in [0.05, 0.1) is 12.6 Å². The second-order valence-corrected chi connectivity index (χ2v) is 9.06. The van der Waals surface area contributed by atoms with E-state index in [4.69, 9.17) is 13.9 Å². The Morgan fingerprint density at radius 2 is 1.53 bits per heavy atom. The predicted octanol–water partition coefficient (Wildman–Crippen LogP) is 7.01. The van der Waals surface area contributed by atoms with E-state index in [0.717, 1.165) is 27.5 Å². The summed E-state index contributed by atoms with van der Waals surface area (Å²) in [7, 11) is 0. The minimum atomic E-state index is -0.369. The Kier molecular flexibility index (Phi) is 5.70. The number of hydrogen-bond acceptors (Lipinski definition) is 5. The molecule has 0 amide bonds. The third-order valence-corrected chi connectivity index (χ3v) is 6.89. The van der Waals surface area contributed by atoms with Crippen molar-refractivity contribution in [2.75, 3.05) is 13.3 Å². The maximum Gasteiger partial charge on any atom is 0.342 e. The molecule has 0 fully saturated rings. The highest BCUT2D eigenvalue weighted by Gasteiger charge is 2.33. The average Bonchev–Trinajstić information content (AvgIpc) is 3.28. The largest absolute Gasteiger partial charge is 0.477 e. The molecule has 2 heterocycles. The molecule has 1 aromatic heterocycles. The zero-order valence-electron chi connectivity index (χ0n) is 20.4. The number of ether oxygens (including phenoxy) is 2. The van der Waals surface area contributed by atoms with Crippen molar-refractivity contribution in [1.82, 2.24) is 4.90 Å². The molecule has 1 aliphatic heterocycles. The van der Waals surface area contributed by atoms with Crippen LogP contribution in [0.4, 0.5) is 0 Å². The van der Waals surface area contributed by atoms with Gasteiger partial charge in [-0.25, -0.2) is 4.79 Å². The van der Waals surface area contributed by atoms with Crippen molar-refractivity contribution in [1.29, 1.82) is 0 Å². The molecule has 5 heteroatoms. The highest BCUT2D eigenvalue weighted by atomic mass is 16.5. The molecule has 1 aliphatic rings. The molecule has 0 N–H and O–H groups in total. The zero-order valence-corrected chi connectivity index (χ0v) is 20.4. The van der Waals surface area contributed by atoms with Crippen LogP contribution in [0.3, 0.4) is 0 Å². The quantitative estimate of drug-likeness (QED) is 0.255. The number of aryl methyl sites for hydroxylation is 1.